The average molecular weight is 383 g/mol. The van der Waals surface area contributed by atoms with Crippen molar-refractivity contribution in [2.45, 2.75) is 72.6 Å². The van der Waals surface area contributed by atoms with E-state index >= 15 is 0 Å². The number of hydrogen-bond acceptors (Lipinski definition) is 3. The molecule has 0 aromatic rings. The van der Waals surface area contributed by atoms with Gasteiger partial charge in [0.05, 0.1) is 0 Å². The third-order valence-electron chi connectivity index (χ3n) is 8.39. The summed E-state index contributed by atoms with van der Waals surface area (Å²) >= 11 is 0. The molecule has 0 aromatic carbocycles. The molecule has 0 N–H and O–H groups in total. The molecule has 1 saturated carbocycles. The van der Waals surface area contributed by atoms with E-state index in [4.69, 9.17) is 4.74 Å². The zero-order valence-electron chi connectivity index (χ0n) is 17.8. The van der Waals surface area contributed by atoms with E-state index in [1.165, 1.54) is 19.3 Å². The molecule has 0 aromatic heterocycles. The molecule has 0 spiro atoms. The van der Waals surface area contributed by atoms with Crippen LogP contribution in [0.1, 0.15) is 72.6 Å². The monoisotopic (exact) mass is 382 g/mol. The molecule has 0 amide bonds. The fraction of sp³-hybridized carbons (Fsp3) is 0.680. The Morgan fingerprint density at radius 2 is 2.04 bits per heavy atom. The number of aldehydes is 1. The number of carbonyl (C=O) groups excluding carboxylic acids is 2. The molecule has 4 unspecified atom stereocenters. The molecule has 1 aliphatic heterocycles. The normalized spacial score (nSPS) is 36.9. The summed E-state index contributed by atoms with van der Waals surface area (Å²) in [5, 5.41) is 0. The van der Waals surface area contributed by atoms with E-state index in [1.54, 1.807) is 17.2 Å². The third-order valence-corrected chi connectivity index (χ3v) is 8.39. The predicted molar refractivity (Wildman–Crippen MR) is 111 cm³/mol. The maximum absolute atomic E-state index is 11.7. The molecule has 4 aliphatic rings. The summed E-state index contributed by atoms with van der Waals surface area (Å²) in [6.45, 7) is 9.99. The summed E-state index contributed by atoms with van der Waals surface area (Å²) in [6, 6.07) is 0. The Kier molecular flexibility index (Phi) is 4.92. The van der Waals surface area contributed by atoms with Crippen LogP contribution in [0.15, 0.2) is 34.4 Å². The van der Waals surface area contributed by atoms with Crippen molar-refractivity contribution < 1.29 is 14.3 Å². The molecule has 3 aliphatic carbocycles. The second-order valence-corrected chi connectivity index (χ2v) is 10.4. The molecule has 3 heteroatoms. The number of carbonyl (C=O) groups is 2. The van der Waals surface area contributed by atoms with Gasteiger partial charge in [0.2, 0.25) is 0 Å². The van der Waals surface area contributed by atoms with Crippen LogP contribution in [0.4, 0.5) is 0 Å². The Bertz CT molecular complexity index is 782. The van der Waals surface area contributed by atoms with E-state index in [0.29, 0.717) is 29.8 Å². The Labute approximate surface area is 169 Å². The lowest BCUT2D eigenvalue weighted by Gasteiger charge is -2.62. The Morgan fingerprint density at radius 1 is 1.25 bits per heavy atom. The van der Waals surface area contributed by atoms with Crippen LogP contribution in [-0.4, -0.2) is 18.9 Å². The summed E-state index contributed by atoms with van der Waals surface area (Å²) in [6.07, 6.45) is 13.1. The molecule has 0 bridgehead atoms. The van der Waals surface area contributed by atoms with Gasteiger partial charge >= 0.3 is 5.97 Å². The van der Waals surface area contributed by atoms with Gasteiger partial charge in [0, 0.05) is 6.08 Å². The average Bonchev–Trinajstić information content (AvgIpc) is 3.05. The van der Waals surface area contributed by atoms with Crippen molar-refractivity contribution in [3.63, 3.8) is 0 Å². The molecule has 3 nitrogen and oxygen atoms in total. The van der Waals surface area contributed by atoms with Gasteiger partial charge in [-0.3, -0.25) is 4.79 Å². The minimum absolute atomic E-state index is 0.177. The Balaban J connectivity index is 1.61. The lowest BCUT2D eigenvalue weighted by atomic mass is 9.42. The fourth-order valence-electron chi connectivity index (χ4n) is 6.91. The second kappa shape index (κ2) is 7.00. The minimum Gasteiger partial charge on any atom is -0.458 e. The van der Waals surface area contributed by atoms with Crippen LogP contribution in [0.3, 0.4) is 0 Å². The van der Waals surface area contributed by atoms with Gasteiger partial charge in [0.25, 0.3) is 0 Å². The van der Waals surface area contributed by atoms with Gasteiger partial charge in [-0.2, -0.15) is 0 Å². The van der Waals surface area contributed by atoms with Crippen LogP contribution in [0.5, 0.6) is 0 Å². The fourth-order valence-corrected chi connectivity index (χ4v) is 6.91. The van der Waals surface area contributed by atoms with Gasteiger partial charge in [-0.1, -0.05) is 38.0 Å². The zero-order chi connectivity index (χ0) is 20.1. The van der Waals surface area contributed by atoms with Crippen molar-refractivity contribution in [2.24, 2.45) is 28.6 Å². The van der Waals surface area contributed by atoms with Crippen molar-refractivity contribution in [2.75, 3.05) is 6.61 Å². The van der Waals surface area contributed by atoms with E-state index < -0.39 is 0 Å². The van der Waals surface area contributed by atoms with Gasteiger partial charge in [-0.05, 0) is 91.6 Å². The van der Waals surface area contributed by atoms with Crippen molar-refractivity contribution >= 4 is 12.3 Å². The van der Waals surface area contributed by atoms with Crippen molar-refractivity contribution in [1.82, 2.24) is 0 Å². The molecule has 0 saturated heterocycles. The highest BCUT2D eigenvalue weighted by Crippen LogP contribution is 2.65. The molecule has 152 valence electrons. The molecule has 1 heterocycles. The number of esters is 1. The van der Waals surface area contributed by atoms with Gasteiger partial charge in [0.15, 0.2) is 0 Å². The van der Waals surface area contributed by atoms with Crippen LogP contribution in [0.2, 0.25) is 0 Å². The first kappa shape index (κ1) is 19.7. The maximum Gasteiger partial charge on any atom is 0.331 e. The first-order valence-corrected chi connectivity index (χ1v) is 11.0. The highest BCUT2D eigenvalue weighted by atomic mass is 16.5. The molecule has 4 rings (SSSR count). The van der Waals surface area contributed by atoms with Crippen LogP contribution in [0.25, 0.3) is 0 Å². The van der Waals surface area contributed by atoms with Crippen LogP contribution in [-0.2, 0) is 14.3 Å². The van der Waals surface area contributed by atoms with E-state index in [0.717, 1.165) is 43.1 Å². The summed E-state index contributed by atoms with van der Waals surface area (Å²) in [7, 11) is 0. The molecule has 0 radical (unpaired) electrons. The topological polar surface area (TPSA) is 43.4 Å². The van der Waals surface area contributed by atoms with Crippen molar-refractivity contribution in [1.29, 1.82) is 0 Å². The smallest absolute Gasteiger partial charge is 0.331 e. The second-order valence-electron chi connectivity index (χ2n) is 10.4. The summed E-state index contributed by atoms with van der Waals surface area (Å²) in [4.78, 5) is 23.1. The quantitative estimate of drug-likeness (QED) is 0.355. The van der Waals surface area contributed by atoms with Crippen LogP contribution >= 0.6 is 0 Å². The lowest BCUT2D eigenvalue weighted by molar-refractivity contribution is -0.135. The number of allylic oxidation sites excluding steroid dienone is 4. The first-order valence-electron chi connectivity index (χ1n) is 11.0. The summed E-state index contributed by atoms with van der Waals surface area (Å²) in [5.41, 5.74) is 5.82. The highest BCUT2D eigenvalue weighted by Gasteiger charge is 2.59. The lowest BCUT2D eigenvalue weighted by Crippen LogP contribution is -2.56. The third kappa shape index (κ3) is 3.11. The van der Waals surface area contributed by atoms with Crippen molar-refractivity contribution in [3.8, 4) is 0 Å². The SMILES string of the molecule is CC1=C(CCC2(C)C3CCC(C=O)=CC3C2C2=CC(=O)OC2)C(C)(C)CCC1. The molecular formula is C25H34O3. The molecule has 4 atom stereocenters. The highest BCUT2D eigenvalue weighted by molar-refractivity contribution is 5.85. The van der Waals surface area contributed by atoms with E-state index in [9.17, 15) is 9.59 Å². The minimum atomic E-state index is -0.205. The number of rotatable bonds is 5. The van der Waals surface area contributed by atoms with E-state index in [2.05, 4.69) is 33.8 Å². The first-order chi connectivity index (χ1) is 13.3. The largest absolute Gasteiger partial charge is 0.458 e. The van der Waals surface area contributed by atoms with E-state index in [1.807, 2.05) is 0 Å². The predicted octanol–water partition coefficient (Wildman–Crippen LogP) is 5.56. The Morgan fingerprint density at radius 3 is 2.68 bits per heavy atom. The summed E-state index contributed by atoms with van der Waals surface area (Å²) in [5.74, 6) is 1.11. The van der Waals surface area contributed by atoms with Crippen LogP contribution in [0, 0.1) is 28.6 Å². The number of fused-ring (bicyclic) bond motifs is 1. The standard InChI is InChI=1S/C25H34O3/c1-16-6-5-10-24(2,3)20(16)9-11-25(4)21-8-7-17(14-26)12-19(21)23(25)18-13-22(27)28-15-18/h12-14,19,21,23H,5-11,15H2,1-4H3. The van der Waals surface area contributed by atoms with Gasteiger partial charge < -0.3 is 4.74 Å². The zero-order valence-corrected chi connectivity index (χ0v) is 17.8. The molecule has 1 fully saturated rings. The van der Waals surface area contributed by atoms with Gasteiger partial charge in [-0.15, -0.1) is 0 Å². The molecular weight excluding hydrogens is 348 g/mol. The van der Waals surface area contributed by atoms with E-state index in [-0.39, 0.29) is 11.4 Å². The van der Waals surface area contributed by atoms with Crippen molar-refractivity contribution in [3.05, 3.63) is 34.4 Å². The number of ether oxygens (including phenoxy) is 1. The summed E-state index contributed by atoms with van der Waals surface area (Å²) < 4.78 is 5.26. The van der Waals surface area contributed by atoms with Gasteiger partial charge in [-0.25, -0.2) is 4.79 Å². The molecule has 28 heavy (non-hydrogen) atoms. The Hall–Kier alpha value is -1.64. The number of hydrogen-bond donors (Lipinski definition) is 0. The number of cyclic esters (lactones) is 1. The van der Waals surface area contributed by atoms with Crippen LogP contribution < -0.4 is 0 Å². The van der Waals surface area contributed by atoms with Gasteiger partial charge in [0.1, 0.15) is 12.9 Å². The maximum atomic E-state index is 11.7.